The molecule has 1 unspecified atom stereocenters. The van der Waals surface area contributed by atoms with Crippen LogP contribution < -0.4 is 0 Å². The molecule has 1 aromatic rings. The van der Waals surface area contributed by atoms with Crippen LogP contribution in [-0.4, -0.2) is 14.8 Å². The van der Waals surface area contributed by atoms with Crippen molar-refractivity contribution in [3.05, 3.63) is 34.3 Å². The average molecular weight is 346 g/mol. The number of halogens is 1. The number of nitrogens with zero attached hydrogens (tertiary/aromatic N) is 2. The number of hydrogen-bond acceptors (Lipinski definition) is 3. The third-order valence-electron chi connectivity index (χ3n) is 2.01. The Bertz CT molecular complexity index is 440. The zero-order valence-corrected chi connectivity index (χ0v) is 12.7. The first kappa shape index (κ1) is 13.4. The summed E-state index contributed by atoms with van der Waals surface area (Å²) in [7, 11) is 0. The van der Waals surface area contributed by atoms with Crippen LogP contribution in [0.5, 0.6) is 0 Å². The quantitative estimate of drug-likeness (QED) is 0.470. The Morgan fingerprint density at radius 3 is 2.75 bits per heavy atom. The van der Waals surface area contributed by atoms with E-state index in [1.807, 2.05) is 19.1 Å². The number of hydrogen-bond donors (Lipinski definition) is 0. The zero-order chi connectivity index (χ0) is 12.1. The van der Waals surface area contributed by atoms with Gasteiger partial charge in [0, 0.05) is 0 Å². The van der Waals surface area contributed by atoms with E-state index < -0.39 is 19.8 Å². The first-order valence-electron chi connectivity index (χ1n) is 4.74. The van der Waals surface area contributed by atoms with Crippen molar-refractivity contribution in [2.24, 2.45) is 0 Å². The van der Waals surface area contributed by atoms with E-state index in [-0.39, 0.29) is 3.92 Å². The van der Waals surface area contributed by atoms with Gasteiger partial charge in [-0.25, -0.2) is 0 Å². The van der Waals surface area contributed by atoms with Crippen LogP contribution in [-0.2, 0) is 0 Å². The molecule has 16 heavy (non-hydrogen) atoms. The molecule has 0 saturated heterocycles. The number of rotatable bonds is 4. The summed E-state index contributed by atoms with van der Waals surface area (Å²) in [5.41, 5.74) is 0.970. The average Bonchev–Trinajstić information content (AvgIpc) is 2.57. The van der Waals surface area contributed by atoms with Gasteiger partial charge in [-0.2, -0.15) is 0 Å². The molecule has 2 nitrogen and oxygen atoms in total. The van der Waals surface area contributed by atoms with Gasteiger partial charge in [-0.1, -0.05) is 0 Å². The minimum absolute atomic E-state index is 0.0544. The van der Waals surface area contributed by atoms with Gasteiger partial charge in [-0.15, -0.1) is 0 Å². The molecule has 0 aliphatic heterocycles. The molecule has 0 aliphatic rings. The van der Waals surface area contributed by atoms with Crippen LogP contribution in [0.2, 0.25) is 0 Å². The molecule has 0 radical (unpaired) electrons. The first-order chi connectivity index (χ1) is 7.60. The van der Waals surface area contributed by atoms with Gasteiger partial charge in [0.2, 0.25) is 0 Å². The molecule has 0 saturated carbocycles. The minimum atomic E-state index is -1.17. The first-order valence-corrected chi connectivity index (χ1v) is 11.1. The van der Waals surface area contributed by atoms with Crippen LogP contribution in [0.1, 0.15) is 19.5 Å². The number of aryl methyl sites for hydroxylation is 1. The fourth-order valence-corrected chi connectivity index (χ4v) is 5.36. The fraction of sp³-hybridized carbons (Fsp3) is 0.333. The van der Waals surface area contributed by atoms with Crippen molar-refractivity contribution in [3.63, 3.8) is 0 Å². The number of aromatic nitrogens is 1. The predicted molar refractivity (Wildman–Crippen MR) is 80.3 cm³/mol. The maximum atomic E-state index is 9.15. The summed E-state index contributed by atoms with van der Waals surface area (Å²) in [5, 5.41) is 10.1. The molecule has 0 aromatic carbocycles. The Morgan fingerprint density at radius 1 is 1.56 bits per heavy atom. The van der Waals surface area contributed by atoms with Crippen LogP contribution in [0.3, 0.4) is 0 Å². The molecule has 1 atom stereocenters. The van der Waals surface area contributed by atoms with E-state index in [0.29, 0.717) is 0 Å². The predicted octanol–water partition coefficient (Wildman–Crippen LogP) is 3.98. The van der Waals surface area contributed by atoms with Gasteiger partial charge in [0.05, 0.1) is 0 Å². The van der Waals surface area contributed by atoms with Crippen molar-refractivity contribution in [1.29, 1.82) is 5.26 Å². The Labute approximate surface area is 108 Å². The van der Waals surface area contributed by atoms with Gasteiger partial charge in [0.15, 0.2) is 0 Å². The Morgan fingerprint density at radius 2 is 2.25 bits per heavy atom. The van der Waals surface area contributed by atoms with E-state index in [9.17, 15) is 0 Å². The fourth-order valence-electron chi connectivity index (χ4n) is 1.19. The Hall–Kier alpha value is -0.670. The van der Waals surface area contributed by atoms with E-state index in [1.165, 1.54) is 4.88 Å². The van der Waals surface area contributed by atoms with Gasteiger partial charge in [0.25, 0.3) is 0 Å². The molecule has 86 valence electrons. The molecular weight excluding hydrogens is 331 g/mol. The van der Waals surface area contributed by atoms with Crippen molar-refractivity contribution >= 4 is 37.2 Å². The van der Waals surface area contributed by atoms with Crippen molar-refractivity contribution in [3.8, 4) is 6.07 Å². The Balaban J connectivity index is 3.05. The van der Waals surface area contributed by atoms with Crippen LogP contribution in [0.15, 0.2) is 18.7 Å². The third kappa shape index (κ3) is 3.16. The van der Waals surface area contributed by atoms with Crippen molar-refractivity contribution in [1.82, 2.24) is 4.98 Å². The molecule has 0 spiro atoms. The normalized spacial score (nSPS) is 13.5. The maximum absolute atomic E-state index is 9.15. The molecule has 1 rings (SSSR count). The molecular formula is C12H15IN2S. The summed E-state index contributed by atoms with van der Waals surface area (Å²) in [6, 6.07) is 2.39. The van der Waals surface area contributed by atoms with Crippen LogP contribution >= 0.6 is 31.2 Å². The second-order valence-corrected chi connectivity index (χ2v) is 10.5. The van der Waals surface area contributed by atoms with Gasteiger partial charge in [0.1, 0.15) is 0 Å². The molecule has 0 aliphatic carbocycles. The Kier molecular flexibility index (Phi) is 5.16. The summed E-state index contributed by atoms with van der Waals surface area (Å²) in [6.07, 6.45) is 5.56. The van der Waals surface area contributed by atoms with E-state index >= 15 is 0 Å². The molecule has 1 heterocycles. The van der Waals surface area contributed by atoms with E-state index in [1.54, 1.807) is 17.4 Å². The van der Waals surface area contributed by atoms with E-state index in [0.717, 1.165) is 10.7 Å². The van der Waals surface area contributed by atoms with Gasteiger partial charge in [-0.3, -0.25) is 0 Å². The zero-order valence-electron chi connectivity index (χ0n) is 9.70. The van der Waals surface area contributed by atoms with Crippen molar-refractivity contribution in [2.75, 3.05) is 9.86 Å². The summed E-state index contributed by atoms with van der Waals surface area (Å²) in [6.45, 7) is 5.68. The molecule has 0 bridgehead atoms. The van der Waals surface area contributed by atoms with Gasteiger partial charge < -0.3 is 0 Å². The molecule has 1 aromatic heterocycles. The monoisotopic (exact) mass is 346 g/mol. The topological polar surface area (TPSA) is 36.7 Å². The summed E-state index contributed by atoms with van der Waals surface area (Å²) < 4.78 is 0.0544. The van der Waals surface area contributed by atoms with Crippen LogP contribution in [0.4, 0.5) is 0 Å². The number of alkyl halides is 3. The second-order valence-electron chi connectivity index (χ2n) is 3.39. The van der Waals surface area contributed by atoms with Gasteiger partial charge in [-0.05, 0) is 0 Å². The van der Waals surface area contributed by atoms with E-state index in [2.05, 4.69) is 27.5 Å². The standard InChI is InChI=1S/C12H15IN2S/c1-5-6-7-11-9(2)16-12(15-11)10(8-14)13(3)4/h5-7,10H,1H2,2-4H3/b7-6-. The summed E-state index contributed by atoms with van der Waals surface area (Å²) >= 11 is 0.475. The second kappa shape index (κ2) is 6.16. The molecule has 4 heteroatoms. The van der Waals surface area contributed by atoms with Crippen LogP contribution in [0.25, 0.3) is 6.08 Å². The van der Waals surface area contributed by atoms with Gasteiger partial charge >= 0.3 is 109 Å². The third-order valence-corrected chi connectivity index (χ3v) is 6.84. The van der Waals surface area contributed by atoms with Crippen molar-refractivity contribution < 1.29 is 0 Å². The van der Waals surface area contributed by atoms with Crippen molar-refractivity contribution in [2.45, 2.75) is 10.8 Å². The summed E-state index contributed by atoms with van der Waals surface area (Å²) in [5.74, 6) is 0. The molecule has 0 fully saturated rings. The number of nitriles is 1. The van der Waals surface area contributed by atoms with Crippen LogP contribution in [0, 0.1) is 18.3 Å². The summed E-state index contributed by atoms with van der Waals surface area (Å²) in [4.78, 5) is 10.1. The molecule has 0 amide bonds. The number of allylic oxidation sites excluding steroid dienone is 2. The SMILES string of the molecule is C=C/C=C\c1nc(C(C#N)I(C)C)sc1C. The molecule has 0 N–H and O–H groups in total. The van der Waals surface area contributed by atoms with E-state index in [4.69, 9.17) is 5.26 Å². The number of thiazole rings is 1.